The maximum Gasteiger partial charge on any atom is 0.262 e. The Bertz CT molecular complexity index is 971. The molecule has 0 bridgehead atoms. The molecule has 0 aliphatic carbocycles. The van der Waals surface area contributed by atoms with Gasteiger partial charge < -0.3 is 4.90 Å². The summed E-state index contributed by atoms with van der Waals surface area (Å²) >= 11 is 7.61. The average Bonchev–Trinajstić information content (AvgIpc) is 2.94. The molecule has 0 saturated heterocycles. The molecular formula is C20H24ClN3OS. The number of aromatic nitrogens is 2. The minimum atomic E-state index is 0.0500. The van der Waals surface area contributed by atoms with Crippen LogP contribution in [-0.2, 0) is 6.54 Å². The highest BCUT2D eigenvalue weighted by atomic mass is 35.5. The number of aryl methyl sites for hydroxylation is 2. The number of hydrogen-bond acceptors (Lipinski definition) is 4. The van der Waals surface area contributed by atoms with E-state index in [2.05, 4.69) is 18.7 Å². The Hall–Kier alpha value is -1.69. The van der Waals surface area contributed by atoms with Crippen molar-refractivity contribution in [1.82, 2.24) is 14.5 Å². The van der Waals surface area contributed by atoms with Crippen molar-refractivity contribution < 1.29 is 0 Å². The molecule has 0 fully saturated rings. The second-order valence-electron chi connectivity index (χ2n) is 6.36. The van der Waals surface area contributed by atoms with E-state index in [-0.39, 0.29) is 5.56 Å². The first-order valence-corrected chi connectivity index (χ1v) is 10.1. The van der Waals surface area contributed by atoms with Crippen LogP contribution in [0.5, 0.6) is 0 Å². The van der Waals surface area contributed by atoms with Gasteiger partial charge in [0.25, 0.3) is 5.56 Å². The zero-order valence-corrected chi connectivity index (χ0v) is 17.2. The number of fused-ring (bicyclic) bond motifs is 1. The number of benzene rings is 1. The first-order valence-electron chi connectivity index (χ1n) is 8.95. The van der Waals surface area contributed by atoms with Gasteiger partial charge >= 0.3 is 0 Å². The standard InChI is InChI=1S/C20H24ClN3OS/c1-5-23(6-2)11-12-24-14(4)22-19-18(20(24)25)17(13(3)26-19)15-7-9-16(21)10-8-15/h7-10H,5-6,11-12H2,1-4H3. The summed E-state index contributed by atoms with van der Waals surface area (Å²) in [7, 11) is 0. The molecule has 3 aromatic rings. The lowest BCUT2D eigenvalue weighted by atomic mass is 10.0. The van der Waals surface area contributed by atoms with Gasteiger partial charge in [0.15, 0.2) is 0 Å². The van der Waals surface area contributed by atoms with Gasteiger partial charge in [-0.1, -0.05) is 37.6 Å². The summed E-state index contributed by atoms with van der Waals surface area (Å²) in [5, 5.41) is 1.41. The number of nitrogens with zero attached hydrogens (tertiary/aromatic N) is 3. The fourth-order valence-electron chi connectivity index (χ4n) is 3.31. The fraction of sp³-hybridized carbons (Fsp3) is 0.400. The van der Waals surface area contributed by atoms with Crippen LogP contribution in [0.4, 0.5) is 0 Å². The molecule has 2 heterocycles. The Morgan fingerprint density at radius 1 is 1.15 bits per heavy atom. The van der Waals surface area contributed by atoms with Gasteiger partial charge in [0.05, 0.1) is 5.39 Å². The molecule has 0 radical (unpaired) electrons. The van der Waals surface area contributed by atoms with Gasteiger partial charge in [-0.15, -0.1) is 11.3 Å². The Kier molecular flexibility index (Phi) is 5.80. The van der Waals surface area contributed by atoms with Crippen LogP contribution < -0.4 is 5.56 Å². The second-order valence-corrected chi connectivity index (χ2v) is 8.00. The lowest BCUT2D eigenvalue weighted by Crippen LogP contribution is -2.32. The topological polar surface area (TPSA) is 38.1 Å². The van der Waals surface area contributed by atoms with Crippen molar-refractivity contribution in [3.63, 3.8) is 0 Å². The third-order valence-electron chi connectivity index (χ3n) is 4.85. The van der Waals surface area contributed by atoms with Crippen LogP contribution in [0.25, 0.3) is 21.3 Å². The van der Waals surface area contributed by atoms with Crippen LogP contribution in [0, 0.1) is 13.8 Å². The van der Waals surface area contributed by atoms with Gasteiger partial charge in [0.2, 0.25) is 0 Å². The molecule has 26 heavy (non-hydrogen) atoms. The zero-order valence-electron chi connectivity index (χ0n) is 15.7. The molecule has 6 heteroatoms. The summed E-state index contributed by atoms with van der Waals surface area (Å²) in [5.74, 6) is 0.776. The highest BCUT2D eigenvalue weighted by molar-refractivity contribution is 7.19. The second kappa shape index (κ2) is 7.91. The van der Waals surface area contributed by atoms with E-state index in [0.717, 1.165) is 51.7 Å². The van der Waals surface area contributed by atoms with Gasteiger partial charge in [-0.25, -0.2) is 4.98 Å². The smallest absolute Gasteiger partial charge is 0.262 e. The quantitative estimate of drug-likeness (QED) is 0.611. The van der Waals surface area contributed by atoms with Crippen LogP contribution in [0.1, 0.15) is 24.5 Å². The Morgan fingerprint density at radius 2 is 1.81 bits per heavy atom. The predicted octanol–water partition coefficient (Wildman–Crippen LogP) is 4.74. The van der Waals surface area contributed by atoms with E-state index < -0.39 is 0 Å². The number of rotatable bonds is 6. The lowest BCUT2D eigenvalue weighted by molar-refractivity contribution is 0.288. The molecule has 0 N–H and O–H groups in total. The minimum Gasteiger partial charge on any atom is -0.302 e. The molecule has 0 unspecified atom stereocenters. The van der Waals surface area contributed by atoms with Crippen LogP contribution in [0.15, 0.2) is 29.1 Å². The number of hydrogen-bond donors (Lipinski definition) is 0. The van der Waals surface area contributed by atoms with E-state index in [1.165, 1.54) is 0 Å². The molecule has 2 aromatic heterocycles. The molecule has 1 aromatic carbocycles. The molecule has 0 aliphatic rings. The van der Waals surface area contributed by atoms with E-state index in [9.17, 15) is 4.79 Å². The Balaban J connectivity index is 2.13. The van der Waals surface area contributed by atoms with Crippen molar-refractivity contribution in [2.45, 2.75) is 34.2 Å². The van der Waals surface area contributed by atoms with Crippen molar-refractivity contribution in [2.75, 3.05) is 19.6 Å². The summed E-state index contributed by atoms with van der Waals surface area (Å²) < 4.78 is 1.81. The Labute approximate surface area is 163 Å². The summed E-state index contributed by atoms with van der Waals surface area (Å²) in [6.07, 6.45) is 0. The van der Waals surface area contributed by atoms with Gasteiger partial charge in [-0.3, -0.25) is 9.36 Å². The number of likely N-dealkylation sites (N-methyl/N-ethyl adjacent to an activating group) is 1. The highest BCUT2D eigenvalue weighted by Gasteiger charge is 2.18. The van der Waals surface area contributed by atoms with Crippen molar-refractivity contribution in [2.24, 2.45) is 0 Å². The van der Waals surface area contributed by atoms with Crippen LogP contribution in [0.2, 0.25) is 5.02 Å². The molecule has 0 spiro atoms. The maximum absolute atomic E-state index is 13.3. The largest absolute Gasteiger partial charge is 0.302 e. The van der Waals surface area contributed by atoms with Crippen LogP contribution in [-0.4, -0.2) is 34.1 Å². The highest BCUT2D eigenvalue weighted by Crippen LogP contribution is 2.36. The summed E-state index contributed by atoms with van der Waals surface area (Å²) in [4.78, 5) is 22.3. The van der Waals surface area contributed by atoms with E-state index in [4.69, 9.17) is 16.6 Å². The molecule has 0 amide bonds. The number of halogens is 1. The molecule has 3 rings (SSSR count). The SMILES string of the molecule is CCN(CC)CCn1c(C)nc2sc(C)c(-c3ccc(Cl)cc3)c2c1=O. The lowest BCUT2D eigenvalue weighted by Gasteiger charge is -2.19. The molecule has 138 valence electrons. The molecule has 0 atom stereocenters. The van der Waals surface area contributed by atoms with E-state index in [0.29, 0.717) is 11.6 Å². The zero-order chi connectivity index (χ0) is 18.8. The summed E-state index contributed by atoms with van der Waals surface area (Å²) in [5.41, 5.74) is 2.04. The van der Waals surface area contributed by atoms with E-state index in [1.807, 2.05) is 42.7 Å². The van der Waals surface area contributed by atoms with Gasteiger partial charge in [-0.2, -0.15) is 0 Å². The summed E-state index contributed by atoms with van der Waals surface area (Å²) in [6.45, 7) is 11.7. The first kappa shape index (κ1) is 19.1. The summed E-state index contributed by atoms with van der Waals surface area (Å²) in [6, 6.07) is 7.66. The monoisotopic (exact) mass is 389 g/mol. The maximum atomic E-state index is 13.3. The third kappa shape index (κ3) is 3.56. The molecule has 0 saturated carbocycles. The van der Waals surface area contributed by atoms with Crippen molar-refractivity contribution in [3.05, 3.63) is 50.3 Å². The normalized spacial score (nSPS) is 11.6. The predicted molar refractivity (Wildman–Crippen MR) is 112 cm³/mol. The molecule has 4 nitrogen and oxygen atoms in total. The van der Waals surface area contributed by atoms with Crippen LogP contribution >= 0.6 is 22.9 Å². The van der Waals surface area contributed by atoms with Crippen molar-refractivity contribution >= 4 is 33.2 Å². The fourth-order valence-corrected chi connectivity index (χ4v) is 4.51. The van der Waals surface area contributed by atoms with Crippen molar-refractivity contribution in [3.8, 4) is 11.1 Å². The Morgan fingerprint density at radius 3 is 2.42 bits per heavy atom. The van der Waals surface area contributed by atoms with Crippen molar-refractivity contribution in [1.29, 1.82) is 0 Å². The first-order chi connectivity index (χ1) is 12.5. The van der Waals surface area contributed by atoms with Gasteiger partial charge in [-0.05, 0) is 44.6 Å². The number of thiophene rings is 1. The van der Waals surface area contributed by atoms with Crippen LogP contribution in [0.3, 0.4) is 0 Å². The van der Waals surface area contributed by atoms with E-state index in [1.54, 1.807) is 11.3 Å². The van der Waals surface area contributed by atoms with Gasteiger partial charge in [0.1, 0.15) is 10.7 Å². The minimum absolute atomic E-state index is 0.0500. The van der Waals surface area contributed by atoms with Gasteiger partial charge in [0, 0.05) is 28.6 Å². The van der Waals surface area contributed by atoms with E-state index >= 15 is 0 Å². The average molecular weight is 390 g/mol. The molecular weight excluding hydrogens is 366 g/mol. The third-order valence-corrected chi connectivity index (χ3v) is 6.10. The molecule has 0 aliphatic heterocycles.